The molecule has 0 aliphatic rings. The molecule has 0 saturated heterocycles. The Morgan fingerprint density at radius 3 is 3.06 bits per heavy atom. The molecule has 2 aromatic rings. The largest absolute Gasteiger partial charge is 0.398 e. The zero-order valence-electron chi connectivity index (χ0n) is 8.81. The van der Waals surface area contributed by atoms with Gasteiger partial charge in [-0.2, -0.15) is 0 Å². The van der Waals surface area contributed by atoms with E-state index in [2.05, 4.69) is 26.2 Å². The number of carbonyl (C=O) groups excluding carboxylic acids is 1. The smallest absolute Gasteiger partial charge is 0.252 e. The van der Waals surface area contributed by atoms with Gasteiger partial charge in [0.15, 0.2) is 0 Å². The molecule has 0 fully saturated rings. The monoisotopic (exact) mass is 311 g/mol. The fraction of sp³-hybridized carbons (Fsp3) is 0.0909. The number of hydrogen-bond acceptors (Lipinski definition) is 4. The molecule has 0 spiro atoms. The number of amides is 1. The summed E-state index contributed by atoms with van der Waals surface area (Å²) in [6.07, 6.45) is 0. The second kappa shape index (κ2) is 5.29. The first-order valence-corrected chi connectivity index (χ1v) is 6.61. The SMILES string of the molecule is Nc1cccc(C(=O)NCc2cscn2)c1Br. The summed E-state index contributed by atoms with van der Waals surface area (Å²) in [7, 11) is 0. The number of rotatable bonds is 3. The molecule has 0 bridgehead atoms. The third-order valence-electron chi connectivity index (χ3n) is 2.19. The van der Waals surface area contributed by atoms with E-state index < -0.39 is 0 Å². The van der Waals surface area contributed by atoms with Crippen molar-refractivity contribution in [2.75, 3.05) is 5.73 Å². The van der Waals surface area contributed by atoms with E-state index in [0.29, 0.717) is 22.3 Å². The summed E-state index contributed by atoms with van der Waals surface area (Å²) >= 11 is 4.80. The molecule has 1 aromatic heterocycles. The number of nitrogens with one attached hydrogen (secondary N) is 1. The highest BCUT2D eigenvalue weighted by Crippen LogP contribution is 2.23. The summed E-state index contributed by atoms with van der Waals surface area (Å²) in [5, 5.41) is 4.69. The molecular formula is C11H10BrN3OS. The zero-order chi connectivity index (χ0) is 12.3. The summed E-state index contributed by atoms with van der Waals surface area (Å²) in [6, 6.07) is 5.20. The molecule has 1 aromatic carbocycles. The lowest BCUT2D eigenvalue weighted by atomic mass is 10.2. The summed E-state index contributed by atoms with van der Waals surface area (Å²) in [5.74, 6) is -0.169. The third kappa shape index (κ3) is 2.83. The second-order valence-electron chi connectivity index (χ2n) is 3.37. The van der Waals surface area contributed by atoms with Crippen LogP contribution in [-0.2, 0) is 6.54 Å². The zero-order valence-corrected chi connectivity index (χ0v) is 11.2. The van der Waals surface area contributed by atoms with Crippen LogP contribution in [0.4, 0.5) is 5.69 Å². The molecule has 3 N–H and O–H groups in total. The molecule has 0 aliphatic carbocycles. The second-order valence-corrected chi connectivity index (χ2v) is 4.88. The molecule has 0 atom stereocenters. The highest BCUT2D eigenvalue weighted by molar-refractivity contribution is 9.10. The van der Waals surface area contributed by atoms with Crippen LogP contribution >= 0.6 is 27.3 Å². The minimum Gasteiger partial charge on any atom is -0.398 e. The third-order valence-corrected chi connectivity index (χ3v) is 3.71. The molecule has 0 saturated carbocycles. The first-order valence-electron chi connectivity index (χ1n) is 4.87. The molecule has 1 amide bonds. The Bertz CT molecular complexity index is 528. The van der Waals surface area contributed by atoms with Gasteiger partial charge in [-0.05, 0) is 28.1 Å². The Morgan fingerprint density at radius 2 is 2.35 bits per heavy atom. The van der Waals surface area contributed by atoms with Crippen LogP contribution in [0.15, 0.2) is 33.6 Å². The Morgan fingerprint density at radius 1 is 1.53 bits per heavy atom. The van der Waals surface area contributed by atoms with Crippen LogP contribution < -0.4 is 11.1 Å². The van der Waals surface area contributed by atoms with Gasteiger partial charge >= 0.3 is 0 Å². The van der Waals surface area contributed by atoms with Crippen LogP contribution in [0.2, 0.25) is 0 Å². The predicted molar refractivity (Wildman–Crippen MR) is 71.8 cm³/mol. The number of nitrogens with two attached hydrogens (primary N) is 1. The lowest BCUT2D eigenvalue weighted by Crippen LogP contribution is -2.23. The quantitative estimate of drug-likeness (QED) is 0.855. The fourth-order valence-electron chi connectivity index (χ4n) is 1.32. The number of halogens is 1. The molecule has 0 aliphatic heterocycles. The standard InChI is InChI=1S/C11H10BrN3OS/c12-10-8(2-1-3-9(10)13)11(16)14-4-7-5-17-6-15-7/h1-3,5-6H,4,13H2,(H,14,16). The van der Waals surface area contributed by atoms with Crippen LogP contribution in [-0.4, -0.2) is 10.9 Å². The van der Waals surface area contributed by atoms with Crippen LogP contribution in [0.3, 0.4) is 0 Å². The van der Waals surface area contributed by atoms with Crippen molar-refractivity contribution in [3.8, 4) is 0 Å². The lowest BCUT2D eigenvalue weighted by molar-refractivity contribution is 0.0950. The predicted octanol–water partition coefficient (Wildman–Crippen LogP) is 2.42. The van der Waals surface area contributed by atoms with E-state index in [1.807, 2.05) is 5.38 Å². The Labute approximate surface area is 111 Å². The van der Waals surface area contributed by atoms with Crippen molar-refractivity contribution in [2.24, 2.45) is 0 Å². The molecule has 17 heavy (non-hydrogen) atoms. The van der Waals surface area contributed by atoms with Gasteiger partial charge in [-0.25, -0.2) is 4.98 Å². The van der Waals surface area contributed by atoms with Gasteiger partial charge in [-0.1, -0.05) is 6.07 Å². The van der Waals surface area contributed by atoms with Crippen LogP contribution in [0, 0.1) is 0 Å². The van der Waals surface area contributed by atoms with E-state index >= 15 is 0 Å². The Hall–Kier alpha value is -1.40. The van der Waals surface area contributed by atoms with Crippen LogP contribution in [0.25, 0.3) is 0 Å². The Balaban J connectivity index is 2.07. The number of aromatic nitrogens is 1. The van der Waals surface area contributed by atoms with Crippen molar-refractivity contribution in [1.82, 2.24) is 10.3 Å². The molecular weight excluding hydrogens is 302 g/mol. The van der Waals surface area contributed by atoms with Crippen LogP contribution in [0.5, 0.6) is 0 Å². The summed E-state index contributed by atoms with van der Waals surface area (Å²) in [4.78, 5) is 16.0. The average molecular weight is 312 g/mol. The van der Waals surface area contributed by atoms with Gasteiger partial charge in [-0.3, -0.25) is 4.79 Å². The van der Waals surface area contributed by atoms with Crippen LogP contribution in [0.1, 0.15) is 16.1 Å². The summed E-state index contributed by atoms with van der Waals surface area (Å²) in [6.45, 7) is 0.420. The number of benzene rings is 1. The molecule has 2 rings (SSSR count). The van der Waals surface area contributed by atoms with Crippen molar-refractivity contribution < 1.29 is 4.79 Å². The molecule has 0 unspecified atom stereocenters. The summed E-state index contributed by atoms with van der Waals surface area (Å²) in [5.41, 5.74) is 9.37. The topological polar surface area (TPSA) is 68.0 Å². The highest BCUT2D eigenvalue weighted by Gasteiger charge is 2.11. The first-order chi connectivity index (χ1) is 8.18. The maximum absolute atomic E-state index is 11.9. The van der Waals surface area contributed by atoms with Crippen molar-refractivity contribution in [1.29, 1.82) is 0 Å². The van der Waals surface area contributed by atoms with Crippen molar-refractivity contribution in [2.45, 2.75) is 6.54 Å². The number of carbonyl (C=O) groups is 1. The number of nitrogens with zero attached hydrogens (tertiary/aromatic N) is 1. The minimum absolute atomic E-state index is 0.169. The van der Waals surface area contributed by atoms with Gasteiger partial charge in [0, 0.05) is 11.1 Å². The highest BCUT2D eigenvalue weighted by atomic mass is 79.9. The van der Waals surface area contributed by atoms with E-state index in [4.69, 9.17) is 5.73 Å². The van der Waals surface area contributed by atoms with Gasteiger partial charge < -0.3 is 11.1 Å². The van der Waals surface area contributed by atoms with Crippen molar-refractivity contribution in [3.05, 3.63) is 44.8 Å². The molecule has 4 nitrogen and oxygen atoms in total. The average Bonchev–Trinajstić information content (AvgIpc) is 2.82. The van der Waals surface area contributed by atoms with E-state index in [1.54, 1.807) is 23.7 Å². The van der Waals surface area contributed by atoms with Gasteiger partial charge in [0.1, 0.15) is 0 Å². The number of hydrogen-bond donors (Lipinski definition) is 2. The molecule has 1 heterocycles. The maximum Gasteiger partial charge on any atom is 0.252 e. The maximum atomic E-state index is 11.9. The van der Waals surface area contributed by atoms with E-state index in [-0.39, 0.29) is 5.91 Å². The van der Waals surface area contributed by atoms with Crippen molar-refractivity contribution in [3.63, 3.8) is 0 Å². The molecule has 88 valence electrons. The minimum atomic E-state index is -0.169. The van der Waals surface area contributed by atoms with Crippen molar-refractivity contribution >= 4 is 38.9 Å². The Kier molecular flexibility index (Phi) is 3.75. The van der Waals surface area contributed by atoms with E-state index in [9.17, 15) is 4.79 Å². The number of thiazole rings is 1. The van der Waals surface area contributed by atoms with Gasteiger partial charge in [-0.15, -0.1) is 11.3 Å². The normalized spacial score (nSPS) is 10.2. The van der Waals surface area contributed by atoms with Gasteiger partial charge in [0.25, 0.3) is 5.91 Å². The van der Waals surface area contributed by atoms with Gasteiger partial charge in [0.05, 0.1) is 27.8 Å². The number of nitrogen functional groups attached to an aromatic ring is 1. The lowest BCUT2D eigenvalue weighted by Gasteiger charge is -2.07. The first kappa shape index (κ1) is 12.1. The molecule has 0 radical (unpaired) electrons. The number of anilines is 1. The van der Waals surface area contributed by atoms with E-state index in [1.165, 1.54) is 11.3 Å². The molecule has 6 heteroatoms. The summed E-state index contributed by atoms with van der Waals surface area (Å²) < 4.78 is 0.621. The fourth-order valence-corrected chi connectivity index (χ4v) is 2.32. The van der Waals surface area contributed by atoms with E-state index in [0.717, 1.165) is 5.69 Å². The van der Waals surface area contributed by atoms with Gasteiger partial charge in [0.2, 0.25) is 0 Å².